The van der Waals surface area contributed by atoms with E-state index in [1.165, 1.54) is 12.7 Å². The fraction of sp³-hybridized carbons (Fsp3) is 0.600. The molecule has 1 unspecified atom stereocenters. The summed E-state index contributed by atoms with van der Waals surface area (Å²) in [6, 6.07) is -0.658. The number of rotatable bonds is 5. The molecule has 2 aliphatic rings. The predicted octanol–water partition coefficient (Wildman–Crippen LogP) is -1.27. The summed E-state index contributed by atoms with van der Waals surface area (Å²) in [6.45, 7) is 0.164. The SMILES string of the molecule is Nc1ncnc2c1ncn2[C@H]1CC(O)[C@@H](CN(C(=O)[C@H]2CCCN2)P(=O)(O)O)O1. The molecule has 0 aromatic carbocycles. The van der Waals surface area contributed by atoms with Crippen molar-refractivity contribution in [1.29, 1.82) is 0 Å². The third-order valence-corrected chi connectivity index (χ3v) is 6.17. The van der Waals surface area contributed by atoms with Gasteiger partial charge in [0.05, 0.1) is 25.0 Å². The van der Waals surface area contributed by atoms with E-state index in [1.54, 1.807) is 4.57 Å². The van der Waals surface area contributed by atoms with Gasteiger partial charge in [0, 0.05) is 6.42 Å². The molecular weight excluding hydrogens is 405 g/mol. The third kappa shape index (κ3) is 3.84. The molecule has 2 saturated heterocycles. The van der Waals surface area contributed by atoms with Crippen LogP contribution in [0.1, 0.15) is 25.5 Å². The van der Waals surface area contributed by atoms with Gasteiger partial charge in [0.25, 0.3) is 0 Å². The summed E-state index contributed by atoms with van der Waals surface area (Å²) in [5.74, 6) is -0.505. The molecule has 29 heavy (non-hydrogen) atoms. The predicted molar refractivity (Wildman–Crippen MR) is 99.1 cm³/mol. The van der Waals surface area contributed by atoms with Gasteiger partial charge in [-0.2, -0.15) is 0 Å². The lowest BCUT2D eigenvalue weighted by Gasteiger charge is -2.29. The molecule has 2 fully saturated rings. The van der Waals surface area contributed by atoms with Crippen molar-refractivity contribution in [2.45, 2.75) is 43.7 Å². The van der Waals surface area contributed by atoms with E-state index in [-0.39, 0.29) is 12.2 Å². The summed E-state index contributed by atoms with van der Waals surface area (Å²) in [6.07, 6.45) is 1.37. The van der Waals surface area contributed by atoms with E-state index >= 15 is 0 Å². The van der Waals surface area contributed by atoms with Crippen molar-refractivity contribution in [1.82, 2.24) is 29.5 Å². The van der Waals surface area contributed by atoms with Crippen LogP contribution >= 0.6 is 7.75 Å². The van der Waals surface area contributed by atoms with Crippen LogP contribution < -0.4 is 11.1 Å². The molecule has 4 heterocycles. The van der Waals surface area contributed by atoms with E-state index in [4.69, 9.17) is 10.5 Å². The van der Waals surface area contributed by atoms with Crippen molar-refractivity contribution in [2.75, 3.05) is 18.8 Å². The molecule has 6 N–H and O–H groups in total. The van der Waals surface area contributed by atoms with Crippen molar-refractivity contribution >= 4 is 30.6 Å². The van der Waals surface area contributed by atoms with Crippen molar-refractivity contribution in [3.8, 4) is 0 Å². The highest BCUT2D eigenvalue weighted by molar-refractivity contribution is 7.49. The van der Waals surface area contributed by atoms with Crippen LogP contribution in [0.3, 0.4) is 0 Å². The van der Waals surface area contributed by atoms with E-state index in [2.05, 4.69) is 20.3 Å². The van der Waals surface area contributed by atoms with Crippen LogP contribution in [0.15, 0.2) is 12.7 Å². The molecule has 2 aromatic rings. The zero-order valence-corrected chi connectivity index (χ0v) is 16.2. The number of nitrogens with one attached hydrogen (secondary N) is 1. The van der Waals surface area contributed by atoms with E-state index in [9.17, 15) is 24.3 Å². The zero-order chi connectivity index (χ0) is 20.8. The quantitative estimate of drug-likeness (QED) is 0.358. The molecular formula is C15H22N7O6P. The minimum absolute atomic E-state index is 0.130. The molecule has 0 spiro atoms. The Hall–Kier alpha value is -2.15. The van der Waals surface area contributed by atoms with Gasteiger partial charge in [-0.1, -0.05) is 0 Å². The summed E-state index contributed by atoms with van der Waals surface area (Å²) in [4.78, 5) is 44.1. The number of imidazole rings is 1. The molecule has 13 nitrogen and oxygen atoms in total. The number of nitrogen functional groups attached to an aromatic ring is 1. The van der Waals surface area contributed by atoms with Crippen LogP contribution in [0, 0.1) is 0 Å². The number of fused-ring (bicyclic) bond motifs is 1. The van der Waals surface area contributed by atoms with Gasteiger partial charge in [-0.15, -0.1) is 0 Å². The molecule has 4 rings (SSSR count). The second-order valence-corrected chi connectivity index (χ2v) is 8.61. The van der Waals surface area contributed by atoms with Crippen LogP contribution in [-0.2, 0) is 14.1 Å². The highest BCUT2D eigenvalue weighted by atomic mass is 31.2. The van der Waals surface area contributed by atoms with E-state index < -0.39 is 44.7 Å². The standard InChI is InChI=1S/C15H22N7O6P/c16-13-12-14(19-6-18-13)21(7-20-12)11-4-9(23)10(28-11)5-22(29(25,26)27)15(24)8-2-1-3-17-8/h6-11,17,23H,1-5H2,(H2,16,18,19)(H2,25,26,27)/t8-,9?,10-,11-/m1/s1. The molecule has 2 aromatic heterocycles. The average molecular weight is 427 g/mol. The Bertz CT molecular complexity index is 958. The number of aliphatic hydroxyl groups excluding tert-OH is 1. The first-order chi connectivity index (χ1) is 13.8. The van der Waals surface area contributed by atoms with Gasteiger partial charge in [-0.05, 0) is 19.4 Å². The molecule has 0 radical (unpaired) electrons. The van der Waals surface area contributed by atoms with Crippen LogP contribution in [0.2, 0.25) is 0 Å². The molecule has 4 atom stereocenters. The number of anilines is 1. The third-order valence-electron chi connectivity index (χ3n) is 5.18. The second kappa shape index (κ2) is 7.59. The maximum atomic E-state index is 12.6. The monoisotopic (exact) mass is 427 g/mol. The highest BCUT2D eigenvalue weighted by Crippen LogP contribution is 2.43. The number of carbonyl (C=O) groups is 1. The molecule has 0 bridgehead atoms. The number of amides is 1. The van der Waals surface area contributed by atoms with Gasteiger partial charge in [0.15, 0.2) is 11.5 Å². The second-order valence-electron chi connectivity index (χ2n) is 7.10. The normalized spacial score (nSPS) is 27.6. The van der Waals surface area contributed by atoms with Crippen molar-refractivity contribution in [3.63, 3.8) is 0 Å². The Morgan fingerprint density at radius 1 is 1.41 bits per heavy atom. The maximum Gasteiger partial charge on any atom is 0.432 e. The molecule has 0 aliphatic carbocycles. The van der Waals surface area contributed by atoms with Gasteiger partial charge in [-0.3, -0.25) is 9.36 Å². The fourth-order valence-electron chi connectivity index (χ4n) is 3.70. The molecule has 1 amide bonds. The van der Waals surface area contributed by atoms with Gasteiger partial charge in [0.2, 0.25) is 5.91 Å². The number of nitrogens with zero attached hydrogens (tertiary/aromatic N) is 5. The Morgan fingerprint density at radius 3 is 2.90 bits per heavy atom. The van der Waals surface area contributed by atoms with Crippen LogP contribution in [0.5, 0.6) is 0 Å². The van der Waals surface area contributed by atoms with Crippen molar-refractivity contribution < 1.29 is 29.0 Å². The number of ether oxygens (including phenoxy) is 1. The first-order valence-electron chi connectivity index (χ1n) is 9.13. The summed E-state index contributed by atoms with van der Waals surface area (Å²) in [5, 5.41) is 13.3. The van der Waals surface area contributed by atoms with E-state index in [0.717, 1.165) is 6.42 Å². The first-order valence-corrected chi connectivity index (χ1v) is 10.7. The molecule has 14 heteroatoms. The Balaban J connectivity index is 1.53. The Labute approximate surface area is 165 Å². The van der Waals surface area contributed by atoms with Gasteiger partial charge in [-0.25, -0.2) is 24.2 Å². The first kappa shape index (κ1) is 20.1. The minimum Gasteiger partial charge on any atom is -0.390 e. The number of carbonyl (C=O) groups excluding carboxylic acids is 1. The Morgan fingerprint density at radius 2 is 2.21 bits per heavy atom. The van der Waals surface area contributed by atoms with Crippen LogP contribution in [-0.4, -0.2) is 76.3 Å². The lowest BCUT2D eigenvalue weighted by molar-refractivity contribution is -0.131. The number of hydrogen-bond acceptors (Lipinski definition) is 9. The van der Waals surface area contributed by atoms with E-state index in [0.29, 0.717) is 28.8 Å². The summed E-state index contributed by atoms with van der Waals surface area (Å²) >= 11 is 0. The van der Waals surface area contributed by atoms with Gasteiger partial charge < -0.3 is 30.7 Å². The largest absolute Gasteiger partial charge is 0.432 e. The lowest BCUT2D eigenvalue weighted by Crippen LogP contribution is -2.46. The van der Waals surface area contributed by atoms with Crippen molar-refractivity contribution in [2.24, 2.45) is 0 Å². The topological polar surface area (TPSA) is 189 Å². The fourth-order valence-corrected chi connectivity index (χ4v) is 4.47. The smallest absolute Gasteiger partial charge is 0.390 e. The van der Waals surface area contributed by atoms with Crippen LogP contribution in [0.25, 0.3) is 11.2 Å². The summed E-state index contributed by atoms with van der Waals surface area (Å²) < 4.78 is 19.8. The molecule has 158 valence electrons. The van der Waals surface area contributed by atoms with E-state index in [1.807, 2.05) is 0 Å². The summed E-state index contributed by atoms with van der Waals surface area (Å²) in [5.41, 5.74) is 6.57. The molecule has 2 aliphatic heterocycles. The number of aliphatic hydroxyl groups is 1. The van der Waals surface area contributed by atoms with Gasteiger partial charge in [0.1, 0.15) is 24.2 Å². The average Bonchev–Trinajstić information content (AvgIpc) is 3.38. The summed E-state index contributed by atoms with van der Waals surface area (Å²) in [7, 11) is -4.89. The van der Waals surface area contributed by atoms with Crippen molar-refractivity contribution in [3.05, 3.63) is 12.7 Å². The zero-order valence-electron chi connectivity index (χ0n) is 15.3. The highest BCUT2D eigenvalue weighted by Gasteiger charge is 2.43. The number of hydrogen-bond donors (Lipinski definition) is 5. The Kier molecular flexibility index (Phi) is 5.27. The lowest BCUT2D eigenvalue weighted by atomic mass is 10.1. The van der Waals surface area contributed by atoms with Gasteiger partial charge >= 0.3 is 7.75 Å². The number of nitrogens with two attached hydrogens (primary N) is 1. The molecule has 0 saturated carbocycles. The maximum absolute atomic E-state index is 12.6. The number of aromatic nitrogens is 4. The van der Waals surface area contributed by atoms with Crippen LogP contribution in [0.4, 0.5) is 5.82 Å². The minimum atomic E-state index is -4.89.